The van der Waals surface area contributed by atoms with Crippen molar-refractivity contribution in [2.45, 2.75) is 30.2 Å². The summed E-state index contributed by atoms with van der Waals surface area (Å²) in [6.07, 6.45) is 0.605. The normalized spacial score (nSPS) is 23.9. The lowest BCUT2D eigenvalue weighted by Crippen LogP contribution is -2.45. The van der Waals surface area contributed by atoms with Gasteiger partial charge in [0.2, 0.25) is 10.0 Å². The second-order valence-corrected chi connectivity index (χ2v) is 6.80. The molecule has 20 heavy (non-hydrogen) atoms. The molecule has 1 heterocycles. The maximum atomic E-state index is 12.2. The third-order valence-electron chi connectivity index (χ3n) is 3.58. The molecule has 1 aromatic rings. The minimum absolute atomic E-state index is 0.00141. The van der Waals surface area contributed by atoms with Gasteiger partial charge in [-0.25, -0.2) is 13.1 Å². The van der Waals surface area contributed by atoms with Gasteiger partial charge in [-0.1, -0.05) is 18.2 Å². The van der Waals surface area contributed by atoms with Gasteiger partial charge in [-0.15, -0.1) is 0 Å². The summed E-state index contributed by atoms with van der Waals surface area (Å²) in [5, 5.41) is 9.68. The summed E-state index contributed by atoms with van der Waals surface area (Å²) < 4.78 is 27.2. The van der Waals surface area contributed by atoms with Gasteiger partial charge >= 0.3 is 7.05 Å². The monoisotopic (exact) mass is 297 g/mol. The van der Waals surface area contributed by atoms with E-state index < -0.39 is 17.1 Å². The van der Waals surface area contributed by atoms with E-state index in [1.54, 1.807) is 37.2 Å². The maximum Gasteiger partial charge on any atom is 0.376 e. The van der Waals surface area contributed by atoms with Crippen molar-refractivity contribution in [3.63, 3.8) is 0 Å². The van der Waals surface area contributed by atoms with E-state index in [9.17, 15) is 13.4 Å². The molecule has 1 aromatic carbocycles. The Labute approximate surface area is 120 Å². The highest BCUT2D eigenvalue weighted by Crippen LogP contribution is 2.20. The zero-order valence-corrected chi connectivity index (χ0v) is 12.3. The SMILES string of the molecule is CB(O)N1C[C@H](NS(=O)(=O)c2ccccc2)C[C@@H]1CN. The molecular formula is C12H20BN3O3S. The summed E-state index contributed by atoms with van der Waals surface area (Å²) >= 11 is 0. The van der Waals surface area contributed by atoms with E-state index >= 15 is 0 Å². The van der Waals surface area contributed by atoms with Crippen LogP contribution in [0.25, 0.3) is 0 Å². The second-order valence-electron chi connectivity index (χ2n) is 5.09. The van der Waals surface area contributed by atoms with Crippen LogP contribution in [0.3, 0.4) is 0 Å². The largest absolute Gasteiger partial charge is 0.437 e. The molecular weight excluding hydrogens is 277 g/mol. The van der Waals surface area contributed by atoms with Crippen LogP contribution in [-0.2, 0) is 10.0 Å². The molecule has 2 rings (SSSR count). The van der Waals surface area contributed by atoms with E-state index in [0.717, 1.165) is 0 Å². The van der Waals surface area contributed by atoms with Crippen molar-refractivity contribution < 1.29 is 13.4 Å². The minimum atomic E-state index is -3.52. The topological polar surface area (TPSA) is 95.7 Å². The Morgan fingerprint density at radius 2 is 2.10 bits per heavy atom. The summed E-state index contributed by atoms with van der Waals surface area (Å²) in [6.45, 7) is 2.52. The fourth-order valence-electron chi connectivity index (χ4n) is 2.60. The Bertz CT molecular complexity index is 538. The molecule has 1 aliphatic heterocycles. The van der Waals surface area contributed by atoms with Crippen molar-refractivity contribution in [2.75, 3.05) is 13.1 Å². The van der Waals surface area contributed by atoms with Gasteiger partial charge in [0.1, 0.15) is 0 Å². The second kappa shape index (κ2) is 6.23. The first kappa shape index (κ1) is 15.5. The Kier molecular flexibility index (Phi) is 4.82. The molecule has 6 nitrogen and oxygen atoms in total. The number of hydrogen-bond donors (Lipinski definition) is 3. The molecule has 0 spiro atoms. The highest BCUT2D eigenvalue weighted by atomic mass is 32.2. The van der Waals surface area contributed by atoms with E-state index in [1.807, 2.05) is 4.81 Å². The zero-order chi connectivity index (χ0) is 14.8. The third kappa shape index (κ3) is 3.39. The fraction of sp³-hybridized carbons (Fsp3) is 0.500. The predicted octanol–water partition coefficient (Wildman–Crippen LogP) is -0.523. The Hall–Kier alpha value is -0.925. The van der Waals surface area contributed by atoms with Crippen molar-refractivity contribution in [2.24, 2.45) is 5.73 Å². The number of sulfonamides is 1. The van der Waals surface area contributed by atoms with Crippen LogP contribution in [0.2, 0.25) is 6.82 Å². The first-order valence-corrected chi connectivity index (χ1v) is 8.13. The van der Waals surface area contributed by atoms with Crippen LogP contribution in [0.4, 0.5) is 0 Å². The van der Waals surface area contributed by atoms with Crippen LogP contribution in [0.5, 0.6) is 0 Å². The molecule has 0 bridgehead atoms. The molecule has 1 aliphatic rings. The van der Waals surface area contributed by atoms with Gasteiger partial charge < -0.3 is 15.6 Å². The van der Waals surface area contributed by atoms with Gasteiger partial charge in [-0.2, -0.15) is 0 Å². The van der Waals surface area contributed by atoms with Crippen LogP contribution in [-0.4, -0.2) is 50.5 Å². The van der Waals surface area contributed by atoms with E-state index in [4.69, 9.17) is 5.73 Å². The lowest BCUT2D eigenvalue weighted by molar-refractivity contribution is 0.348. The molecule has 2 atom stereocenters. The van der Waals surface area contributed by atoms with Gasteiger partial charge in [0.25, 0.3) is 0 Å². The molecule has 1 saturated heterocycles. The number of nitrogens with two attached hydrogens (primary N) is 1. The van der Waals surface area contributed by atoms with Crippen LogP contribution in [0.1, 0.15) is 6.42 Å². The molecule has 110 valence electrons. The average molecular weight is 297 g/mol. The summed E-state index contributed by atoms with van der Waals surface area (Å²) in [6, 6.07) is 8.03. The fourth-order valence-corrected chi connectivity index (χ4v) is 3.86. The molecule has 0 unspecified atom stereocenters. The number of benzene rings is 1. The molecule has 8 heteroatoms. The van der Waals surface area contributed by atoms with Gasteiger partial charge in [-0.3, -0.25) is 0 Å². The van der Waals surface area contributed by atoms with E-state index in [2.05, 4.69) is 4.72 Å². The third-order valence-corrected chi connectivity index (χ3v) is 5.12. The highest BCUT2D eigenvalue weighted by molar-refractivity contribution is 7.89. The molecule has 0 saturated carbocycles. The van der Waals surface area contributed by atoms with Crippen molar-refractivity contribution >= 4 is 17.1 Å². The number of rotatable bonds is 5. The smallest absolute Gasteiger partial charge is 0.376 e. The molecule has 0 aliphatic carbocycles. The van der Waals surface area contributed by atoms with Crippen LogP contribution in [0.15, 0.2) is 35.2 Å². The first-order valence-electron chi connectivity index (χ1n) is 6.65. The predicted molar refractivity (Wildman–Crippen MR) is 78.6 cm³/mol. The quantitative estimate of drug-likeness (QED) is 0.635. The summed E-state index contributed by atoms with van der Waals surface area (Å²) in [5.74, 6) is 0. The van der Waals surface area contributed by atoms with Crippen molar-refractivity contribution in [1.29, 1.82) is 0 Å². The number of nitrogens with one attached hydrogen (secondary N) is 1. The summed E-state index contributed by atoms with van der Waals surface area (Å²) in [4.78, 5) is 2.07. The Balaban J connectivity index is 2.08. The van der Waals surface area contributed by atoms with Crippen LogP contribution in [0, 0.1) is 0 Å². The molecule has 0 aromatic heterocycles. The van der Waals surface area contributed by atoms with Crippen molar-refractivity contribution in [1.82, 2.24) is 9.53 Å². The number of hydrogen-bond acceptors (Lipinski definition) is 5. The molecule has 0 radical (unpaired) electrons. The Morgan fingerprint density at radius 1 is 1.45 bits per heavy atom. The Morgan fingerprint density at radius 3 is 2.60 bits per heavy atom. The number of nitrogens with zero attached hydrogens (tertiary/aromatic N) is 1. The summed E-state index contributed by atoms with van der Waals surface area (Å²) in [5.41, 5.74) is 5.67. The average Bonchev–Trinajstić information content (AvgIpc) is 2.82. The van der Waals surface area contributed by atoms with E-state index in [0.29, 0.717) is 19.5 Å². The molecule has 0 amide bonds. The van der Waals surface area contributed by atoms with Crippen molar-refractivity contribution in [3.8, 4) is 0 Å². The van der Waals surface area contributed by atoms with E-state index in [-0.39, 0.29) is 17.0 Å². The standard InChI is InChI=1S/C12H20BN3O3S/c1-13(17)16-9-10(7-11(16)8-14)15-20(18,19)12-5-3-2-4-6-12/h2-6,10-11,15,17H,7-9,14H2,1H3/t10-,11-/m1/s1. The molecule has 1 fully saturated rings. The van der Waals surface area contributed by atoms with E-state index in [1.165, 1.54) is 0 Å². The van der Waals surface area contributed by atoms with Crippen LogP contribution >= 0.6 is 0 Å². The van der Waals surface area contributed by atoms with Gasteiger partial charge in [-0.05, 0) is 25.4 Å². The van der Waals surface area contributed by atoms with Gasteiger partial charge in [0.05, 0.1) is 4.90 Å². The highest BCUT2D eigenvalue weighted by Gasteiger charge is 2.36. The molecule has 4 N–H and O–H groups in total. The lowest BCUT2D eigenvalue weighted by Gasteiger charge is -2.23. The van der Waals surface area contributed by atoms with Gasteiger partial charge in [0.15, 0.2) is 0 Å². The minimum Gasteiger partial charge on any atom is -0.437 e. The van der Waals surface area contributed by atoms with Gasteiger partial charge in [0, 0.05) is 25.2 Å². The first-order chi connectivity index (χ1) is 9.44. The van der Waals surface area contributed by atoms with Crippen LogP contribution < -0.4 is 10.5 Å². The summed E-state index contributed by atoms with van der Waals surface area (Å²) in [7, 11) is -4.15. The maximum absolute atomic E-state index is 12.2. The van der Waals surface area contributed by atoms with Crippen molar-refractivity contribution in [3.05, 3.63) is 30.3 Å². The zero-order valence-electron chi connectivity index (χ0n) is 11.4. The lowest BCUT2D eigenvalue weighted by atomic mass is 9.84.